The zero-order valence-corrected chi connectivity index (χ0v) is 8.21. The van der Waals surface area contributed by atoms with Crippen LogP contribution >= 0.6 is 0 Å². The molecule has 0 saturated heterocycles. The van der Waals surface area contributed by atoms with Crippen molar-refractivity contribution >= 4 is 10.0 Å². The van der Waals surface area contributed by atoms with Gasteiger partial charge in [-0.15, -0.1) is 0 Å². The quantitative estimate of drug-likeness (QED) is 0.724. The van der Waals surface area contributed by atoms with Gasteiger partial charge in [-0.3, -0.25) is 0 Å². The molecular weight excluding hydrogens is 208 g/mol. The Labute approximate surface area is 81.1 Å². The summed E-state index contributed by atoms with van der Waals surface area (Å²) in [6.07, 6.45) is 0.632. The molecule has 14 heavy (non-hydrogen) atoms. The third-order valence-corrected chi connectivity index (χ3v) is 2.68. The number of aromatic nitrogens is 1. The molecule has 0 bridgehead atoms. The minimum absolute atomic E-state index is 0.296. The smallest absolute Gasteiger partial charge is 0.214 e. The Balaban J connectivity index is 2.31. The van der Waals surface area contributed by atoms with Crippen molar-refractivity contribution in [1.29, 1.82) is 0 Å². The largest absolute Gasteiger partial charge is 0.376 e. The fraction of sp³-hybridized carbons (Fsp3) is 0.571. The third kappa shape index (κ3) is 1.94. The minimum atomic E-state index is -3.56. The van der Waals surface area contributed by atoms with Crippen LogP contribution in [0.25, 0.3) is 0 Å². The van der Waals surface area contributed by atoms with Crippen LogP contribution in [0.5, 0.6) is 0 Å². The lowest BCUT2D eigenvalue weighted by molar-refractivity contribution is 0.102. The van der Waals surface area contributed by atoms with Gasteiger partial charge >= 0.3 is 0 Å². The normalized spacial score (nSPS) is 16.6. The summed E-state index contributed by atoms with van der Waals surface area (Å²) >= 11 is 0. The highest BCUT2D eigenvalue weighted by molar-refractivity contribution is 7.88. The molecule has 1 aromatic rings. The molecule has 78 valence electrons. The van der Waals surface area contributed by atoms with E-state index in [9.17, 15) is 8.42 Å². The highest BCUT2D eigenvalue weighted by Crippen LogP contribution is 2.21. The van der Waals surface area contributed by atoms with Crippen LogP contribution in [0.2, 0.25) is 0 Å². The second-order valence-corrected chi connectivity index (χ2v) is 4.76. The predicted molar refractivity (Wildman–Crippen MR) is 46.7 cm³/mol. The number of fused-ring (bicyclic) bond motifs is 1. The molecule has 0 saturated carbocycles. The molecule has 1 aromatic heterocycles. The van der Waals surface area contributed by atoms with E-state index < -0.39 is 10.0 Å². The molecule has 0 radical (unpaired) electrons. The number of rotatable bonds is 2. The fourth-order valence-electron chi connectivity index (χ4n) is 1.38. The summed E-state index contributed by atoms with van der Waals surface area (Å²) < 4.78 is 31.8. The van der Waals surface area contributed by atoms with Crippen LogP contribution in [0.15, 0.2) is 4.52 Å². The molecule has 7 heteroatoms. The Kier molecular flexibility index (Phi) is 2.30. The van der Waals surface area contributed by atoms with Gasteiger partial charge in [-0.25, -0.2) is 13.6 Å². The number of primary sulfonamides is 1. The molecular formula is C7H10N2O4S. The SMILES string of the molecule is NS(=O)(=O)Cc1noc2c1COCC2. The molecule has 0 spiro atoms. The number of hydrogen-bond acceptors (Lipinski definition) is 5. The van der Waals surface area contributed by atoms with E-state index in [1.54, 1.807) is 0 Å². The maximum absolute atomic E-state index is 10.8. The van der Waals surface area contributed by atoms with Gasteiger partial charge in [0.05, 0.1) is 13.2 Å². The van der Waals surface area contributed by atoms with E-state index in [1.165, 1.54) is 0 Å². The van der Waals surface area contributed by atoms with Crippen molar-refractivity contribution in [3.63, 3.8) is 0 Å². The van der Waals surface area contributed by atoms with Gasteiger partial charge in [0.1, 0.15) is 17.2 Å². The van der Waals surface area contributed by atoms with E-state index in [0.717, 1.165) is 5.56 Å². The van der Waals surface area contributed by atoms with Gasteiger partial charge < -0.3 is 9.26 Å². The van der Waals surface area contributed by atoms with E-state index in [0.29, 0.717) is 31.1 Å². The second kappa shape index (κ2) is 3.34. The van der Waals surface area contributed by atoms with Gasteiger partial charge in [-0.05, 0) is 0 Å². The minimum Gasteiger partial charge on any atom is -0.376 e. The van der Waals surface area contributed by atoms with Crippen molar-refractivity contribution < 1.29 is 17.7 Å². The summed E-state index contributed by atoms with van der Waals surface area (Å²) in [6, 6.07) is 0. The standard InChI is InChI=1S/C7H10N2O4S/c8-14(10,11)4-6-5-3-12-2-1-7(5)13-9-6/h1-4H2,(H2,8,10,11). The van der Waals surface area contributed by atoms with Crippen molar-refractivity contribution in [1.82, 2.24) is 5.16 Å². The van der Waals surface area contributed by atoms with Crippen LogP contribution in [0.3, 0.4) is 0 Å². The number of nitrogens with two attached hydrogens (primary N) is 1. The van der Waals surface area contributed by atoms with E-state index in [2.05, 4.69) is 5.16 Å². The van der Waals surface area contributed by atoms with Crippen molar-refractivity contribution in [2.24, 2.45) is 5.14 Å². The average molecular weight is 218 g/mol. The van der Waals surface area contributed by atoms with Gasteiger partial charge in [0.15, 0.2) is 0 Å². The maximum Gasteiger partial charge on any atom is 0.214 e. The molecule has 2 rings (SSSR count). The topological polar surface area (TPSA) is 95.4 Å². The van der Waals surface area contributed by atoms with Crippen LogP contribution in [0.1, 0.15) is 17.0 Å². The first-order valence-electron chi connectivity index (χ1n) is 4.11. The maximum atomic E-state index is 10.8. The van der Waals surface area contributed by atoms with Crippen LogP contribution < -0.4 is 5.14 Å². The van der Waals surface area contributed by atoms with Crippen LogP contribution in [-0.4, -0.2) is 20.2 Å². The molecule has 1 aliphatic heterocycles. The zero-order valence-electron chi connectivity index (χ0n) is 7.39. The van der Waals surface area contributed by atoms with Crippen molar-refractivity contribution in [2.75, 3.05) is 6.61 Å². The van der Waals surface area contributed by atoms with Gasteiger partial charge in [0.25, 0.3) is 0 Å². The molecule has 0 atom stereocenters. The predicted octanol–water partition coefficient (Wildman–Crippen LogP) is -0.464. The Morgan fingerprint density at radius 1 is 1.50 bits per heavy atom. The Morgan fingerprint density at radius 2 is 2.29 bits per heavy atom. The summed E-state index contributed by atoms with van der Waals surface area (Å²) in [5.41, 5.74) is 1.09. The van der Waals surface area contributed by atoms with Crippen molar-refractivity contribution in [2.45, 2.75) is 18.8 Å². The molecule has 0 aromatic carbocycles. The highest BCUT2D eigenvalue weighted by atomic mass is 32.2. The second-order valence-electron chi connectivity index (χ2n) is 3.14. The molecule has 0 unspecified atom stereocenters. The summed E-state index contributed by atoms with van der Waals surface area (Å²) in [5.74, 6) is 0.407. The van der Waals surface area contributed by atoms with E-state index in [1.807, 2.05) is 0 Å². The van der Waals surface area contributed by atoms with Crippen molar-refractivity contribution in [3.8, 4) is 0 Å². The van der Waals surface area contributed by atoms with Crippen molar-refractivity contribution in [3.05, 3.63) is 17.0 Å². The number of ether oxygens (including phenoxy) is 1. The first-order valence-corrected chi connectivity index (χ1v) is 5.82. The molecule has 0 fully saturated rings. The summed E-state index contributed by atoms with van der Waals surface area (Å²) in [7, 11) is -3.56. The molecule has 1 aliphatic rings. The lowest BCUT2D eigenvalue weighted by Gasteiger charge is -2.09. The van der Waals surface area contributed by atoms with Gasteiger partial charge in [-0.1, -0.05) is 5.16 Å². The summed E-state index contributed by atoms with van der Waals surface area (Å²) in [5, 5.41) is 8.58. The van der Waals surface area contributed by atoms with Crippen LogP contribution in [0.4, 0.5) is 0 Å². The number of nitrogens with zero attached hydrogens (tertiary/aromatic N) is 1. The van der Waals surface area contributed by atoms with E-state index in [4.69, 9.17) is 14.4 Å². The molecule has 0 amide bonds. The lowest BCUT2D eigenvalue weighted by Crippen LogP contribution is -2.17. The zero-order chi connectivity index (χ0) is 10.2. The number of hydrogen-bond donors (Lipinski definition) is 1. The van der Waals surface area contributed by atoms with E-state index in [-0.39, 0.29) is 5.75 Å². The molecule has 6 nitrogen and oxygen atoms in total. The first kappa shape index (κ1) is 9.63. The van der Waals surface area contributed by atoms with Crippen LogP contribution in [0, 0.1) is 0 Å². The molecule has 2 N–H and O–H groups in total. The molecule has 2 heterocycles. The Bertz CT molecular complexity index is 437. The summed E-state index contributed by atoms with van der Waals surface area (Å²) in [4.78, 5) is 0. The lowest BCUT2D eigenvalue weighted by atomic mass is 10.1. The Hall–Kier alpha value is -0.920. The highest BCUT2D eigenvalue weighted by Gasteiger charge is 2.22. The van der Waals surface area contributed by atoms with Gasteiger partial charge in [-0.2, -0.15) is 0 Å². The first-order chi connectivity index (χ1) is 6.56. The summed E-state index contributed by atoms with van der Waals surface area (Å²) in [6.45, 7) is 0.931. The number of sulfonamides is 1. The third-order valence-electron chi connectivity index (χ3n) is 2.01. The van der Waals surface area contributed by atoms with Gasteiger partial charge in [0, 0.05) is 12.0 Å². The monoisotopic (exact) mass is 218 g/mol. The van der Waals surface area contributed by atoms with E-state index >= 15 is 0 Å². The van der Waals surface area contributed by atoms with Crippen LogP contribution in [-0.2, 0) is 33.5 Å². The average Bonchev–Trinajstić information content (AvgIpc) is 2.47. The Morgan fingerprint density at radius 3 is 3.00 bits per heavy atom. The fourth-order valence-corrected chi connectivity index (χ4v) is 1.99. The molecule has 0 aliphatic carbocycles. The van der Waals surface area contributed by atoms with Gasteiger partial charge in [0.2, 0.25) is 10.0 Å².